The molecule has 6 heteroatoms. The lowest BCUT2D eigenvalue weighted by Gasteiger charge is -2.29. The molecule has 0 bridgehead atoms. The highest BCUT2D eigenvalue weighted by Gasteiger charge is 2.32. The maximum atomic E-state index is 6.20. The van der Waals surface area contributed by atoms with Crippen molar-refractivity contribution in [2.75, 3.05) is 6.54 Å². The van der Waals surface area contributed by atoms with E-state index in [-0.39, 0.29) is 5.41 Å². The summed E-state index contributed by atoms with van der Waals surface area (Å²) < 4.78 is 0.497. The van der Waals surface area contributed by atoms with Crippen molar-refractivity contribution < 1.29 is 0 Å². The van der Waals surface area contributed by atoms with Crippen LogP contribution < -0.4 is 5.73 Å². The molecule has 1 aromatic rings. The normalized spacial score (nSPS) is 21.5. The van der Waals surface area contributed by atoms with Crippen molar-refractivity contribution in [3.8, 4) is 0 Å². The van der Waals surface area contributed by atoms with Gasteiger partial charge in [0.15, 0.2) is 4.32 Å². The van der Waals surface area contributed by atoms with E-state index in [4.69, 9.17) is 18.0 Å². The molecule has 0 amide bonds. The number of rotatable bonds is 2. The first-order valence-corrected chi connectivity index (χ1v) is 9.06. The number of thiocarbonyl (C=S) groups is 1. The second-order valence-corrected chi connectivity index (χ2v) is 8.95. The maximum Gasteiger partial charge on any atom is 0.166 e. The van der Waals surface area contributed by atoms with Gasteiger partial charge in [0, 0.05) is 16.5 Å². The molecule has 1 heterocycles. The van der Waals surface area contributed by atoms with Crippen molar-refractivity contribution >= 4 is 46.2 Å². The number of aliphatic imine (C=N–C) groups is 3. The van der Waals surface area contributed by atoms with Gasteiger partial charge < -0.3 is 5.73 Å². The first kappa shape index (κ1) is 18.8. The Hall–Kier alpha value is -1.53. The van der Waals surface area contributed by atoms with Crippen molar-refractivity contribution in [3.05, 3.63) is 29.8 Å². The second kappa shape index (κ2) is 7.15. The molecule has 0 saturated heterocycles. The molecule has 24 heavy (non-hydrogen) atoms. The van der Waals surface area contributed by atoms with Gasteiger partial charge in [-0.2, -0.15) is 0 Å². The van der Waals surface area contributed by atoms with Crippen LogP contribution in [-0.2, 0) is 0 Å². The highest BCUT2D eigenvalue weighted by molar-refractivity contribution is 8.23. The lowest BCUT2D eigenvalue weighted by atomic mass is 9.87. The fourth-order valence-corrected chi connectivity index (χ4v) is 3.06. The SMILES string of the molecule is Cc1ccc(SC(=S)/N=C(\N)C2(C)C=NC(C(C)(C)C)=NC2)cc1. The number of aryl methyl sites for hydroxylation is 1. The second-order valence-electron chi connectivity index (χ2n) is 7.24. The van der Waals surface area contributed by atoms with E-state index in [9.17, 15) is 0 Å². The van der Waals surface area contributed by atoms with E-state index in [2.05, 4.69) is 54.8 Å². The highest BCUT2D eigenvalue weighted by atomic mass is 32.2. The lowest BCUT2D eigenvalue weighted by Crippen LogP contribution is -2.42. The smallest absolute Gasteiger partial charge is 0.166 e. The predicted octanol–water partition coefficient (Wildman–Crippen LogP) is 4.26. The largest absolute Gasteiger partial charge is 0.386 e. The van der Waals surface area contributed by atoms with Gasteiger partial charge in [0.25, 0.3) is 0 Å². The summed E-state index contributed by atoms with van der Waals surface area (Å²) in [4.78, 5) is 14.5. The Kier molecular flexibility index (Phi) is 5.60. The van der Waals surface area contributed by atoms with Crippen LogP contribution in [0.1, 0.15) is 33.3 Å². The van der Waals surface area contributed by atoms with E-state index in [0.29, 0.717) is 16.7 Å². The molecule has 1 aliphatic rings. The van der Waals surface area contributed by atoms with E-state index in [1.807, 2.05) is 25.3 Å². The number of hydrogen-bond donors (Lipinski definition) is 1. The molecular formula is C18H24N4S2. The molecule has 4 nitrogen and oxygen atoms in total. The molecule has 0 aliphatic carbocycles. The molecule has 128 valence electrons. The quantitative estimate of drug-likeness (QED) is 0.371. The van der Waals surface area contributed by atoms with Gasteiger partial charge in [-0.05, 0) is 26.0 Å². The van der Waals surface area contributed by atoms with Gasteiger partial charge in [-0.25, -0.2) is 9.98 Å². The van der Waals surface area contributed by atoms with Crippen LogP contribution in [0, 0.1) is 17.8 Å². The van der Waals surface area contributed by atoms with Crippen molar-refractivity contribution in [2.45, 2.75) is 39.5 Å². The highest BCUT2D eigenvalue weighted by Crippen LogP contribution is 2.26. The summed E-state index contributed by atoms with van der Waals surface area (Å²) in [5, 5.41) is 0. The van der Waals surface area contributed by atoms with Crippen molar-refractivity contribution in [1.29, 1.82) is 0 Å². The standard InChI is InChI=1S/C18H24N4S2/c1-12-6-8-13(9-7-12)24-16(23)22-14(19)18(5)10-20-15(21-11-18)17(2,3)4/h6-10H,11H2,1-5H3,(H2,19,22,23). The molecule has 0 fully saturated rings. The summed E-state index contributed by atoms with van der Waals surface area (Å²) in [5.74, 6) is 1.29. The minimum atomic E-state index is -0.493. The van der Waals surface area contributed by atoms with Gasteiger partial charge in [0.05, 0.1) is 12.0 Å². The number of hydrogen-bond acceptors (Lipinski definition) is 4. The summed E-state index contributed by atoms with van der Waals surface area (Å²) in [5.41, 5.74) is 6.86. The van der Waals surface area contributed by atoms with Crippen LogP contribution in [0.2, 0.25) is 0 Å². The Morgan fingerprint density at radius 1 is 1.29 bits per heavy atom. The molecule has 0 spiro atoms. The summed E-state index contributed by atoms with van der Waals surface area (Å²) in [7, 11) is 0. The molecule has 0 aromatic heterocycles. The molecule has 1 unspecified atom stereocenters. The number of benzene rings is 1. The maximum absolute atomic E-state index is 6.20. The van der Waals surface area contributed by atoms with E-state index < -0.39 is 5.41 Å². The van der Waals surface area contributed by atoms with Gasteiger partial charge in [0.1, 0.15) is 11.7 Å². The van der Waals surface area contributed by atoms with Crippen LogP contribution >= 0.6 is 24.0 Å². The third-order valence-electron chi connectivity index (χ3n) is 3.72. The Morgan fingerprint density at radius 3 is 2.42 bits per heavy atom. The molecule has 2 N–H and O–H groups in total. The zero-order chi connectivity index (χ0) is 18.0. The summed E-state index contributed by atoms with van der Waals surface area (Å²) >= 11 is 6.79. The Labute approximate surface area is 153 Å². The van der Waals surface area contributed by atoms with Crippen LogP contribution in [0.5, 0.6) is 0 Å². The molecule has 0 saturated carbocycles. The summed E-state index contributed by atoms with van der Waals surface area (Å²) in [6.45, 7) is 10.9. The summed E-state index contributed by atoms with van der Waals surface area (Å²) in [6.07, 6.45) is 1.85. The average Bonchev–Trinajstić information content (AvgIpc) is 2.49. The van der Waals surface area contributed by atoms with E-state index >= 15 is 0 Å². The Balaban J connectivity index is 2.08. The molecular weight excluding hydrogens is 336 g/mol. The third kappa shape index (κ3) is 4.74. The van der Waals surface area contributed by atoms with E-state index in [0.717, 1.165) is 10.7 Å². The van der Waals surface area contributed by atoms with Crippen LogP contribution in [0.15, 0.2) is 44.1 Å². The van der Waals surface area contributed by atoms with Crippen molar-refractivity contribution in [1.82, 2.24) is 0 Å². The van der Waals surface area contributed by atoms with Crippen LogP contribution in [0.4, 0.5) is 0 Å². The van der Waals surface area contributed by atoms with Gasteiger partial charge in [-0.15, -0.1) is 0 Å². The van der Waals surface area contributed by atoms with Crippen LogP contribution in [0.25, 0.3) is 0 Å². The van der Waals surface area contributed by atoms with Crippen molar-refractivity contribution in [3.63, 3.8) is 0 Å². The molecule has 1 aromatic carbocycles. The average molecular weight is 361 g/mol. The topological polar surface area (TPSA) is 63.1 Å². The minimum absolute atomic E-state index is 0.0691. The fraction of sp³-hybridized carbons (Fsp3) is 0.444. The lowest BCUT2D eigenvalue weighted by molar-refractivity contribution is 0.563. The summed E-state index contributed by atoms with van der Waals surface area (Å²) in [6, 6.07) is 8.16. The monoisotopic (exact) mass is 360 g/mol. The fourth-order valence-electron chi connectivity index (χ4n) is 2.06. The predicted molar refractivity (Wildman–Crippen MR) is 110 cm³/mol. The van der Waals surface area contributed by atoms with Crippen molar-refractivity contribution in [2.24, 2.45) is 31.5 Å². The molecule has 0 radical (unpaired) electrons. The van der Waals surface area contributed by atoms with Crippen LogP contribution in [-0.4, -0.2) is 28.8 Å². The van der Waals surface area contributed by atoms with Gasteiger partial charge in [-0.1, -0.05) is 62.4 Å². The molecule has 1 atom stereocenters. The Bertz CT molecular complexity index is 712. The zero-order valence-electron chi connectivity index (χ0n) is 14.8. The third-order valence-corrected chi connectivity index (χ3v) is 4.84. The minimum Gasteiger partial charge on any atom is -0.386 e. The number of thioether (sulfide) groups is 1. The first-order chi connectivity index (χ1) is 11.1. The number of nitrogens with zero attached hydrogens (tertiary/aromatic N) is 3. The number of nitrogens with two attached hydrogens (primary N) is 1. The van der Waals surface area contributed by atoms with Gasteiger partial charge in [-0.3, -0.25) is 4.99 Å². The van der Waals surface area contributed by atoms with Gasteiger partial charge >= 0.3 is 0 Å². The molecule has 1 aliphatic heterocycles. The number of amidine groups is 2. The molecule has 2 rings (SSSR count). The van der Waals surface area contributed by atoms with Gasteiger partial charge in [0.2, 0.25) is 0 Å². The first-order valence-electron chi connectivity index (χ1n) is 7.83. The zero-order valence-corrected chi connectivity index (χ0v) is 16.5. The van der Waals surface area contributed by atoms with E-state index in [1.54, 1.807) is 0 Å². The van der Waals surface area contributed by atoms with Crippen LogP contribution in [0.3, 0.4) is 0 Å². The Morgan fingerprint density at radius 2 is 1.92 bits per heavy atom. The van der Waals surface area contributed by atoms with E-state index in [1.165, 1.54) is 17.3 Å².